The van der Waals surface area contributed by atoms with E-state index in [2.05, 4.69) is 39.6 Å². The molecule has 1 saturated carbocycles. The number of halogens is 1. The summed E-state index contributed by atoms with van der Waals surface area (Å²) in [6.45, 7) is 6.40. The van der Waals surface area contributed by atoms with E-state index in [1.165, 1.54) is 38.6 Å². The lowest BCUT2D eigenvalue weighted by atomic mass is 10.2. The number of nitrogens with zero attached hydrogens (tertiary/aromatic N) is 3. The average molecular weight is 550 g/mol. The molecule has 2 fully saturated rings. The molecule has 0 spiro atoms. The number of nitrogens with one attached hydrogen (secondary N) is 2. The Morgan fingerprint density at radius 1 is 1.16 bits per heavy atom. The number of benzene rings is 1. The molecule has 7 heteroatoms. The van der Waals surface area contributed by atoms with Crippen LogP contribution in [0.25, 0.3) is 0 Å². The van der Waals surface area contributed by atoms with Gasteiger partial charge in [0.25, 0.3) is 0 Å². The van der Waals surface area contributed by atoms with Crippen molar-refractivity contribution in [3.63, 3.8) is 0 Å². The normalized spacial score (nSPS) is 19.5. The van der Waals surface area contributed by atoms with Crippen LogP contribution in [0, 0.1) is 0 Å². The molecule has 0 radical (unpaired) electrons. The second-order valence-corrected chi connectivity index (χ2v) is 8.52. The van der Waals surface area contributed by atoms with Crippen molar-refractivity contribution in [2.45, 2.75) is 64.3 Å². The molecule has 1 aliphatic heterocycles. The van der Waals surface area contributed by atoms with Gasteiger partial charge in [0, 0.05) is 37.9 Å². The monoisotopic (exact) mass is 549 g/mol. The van der Waals surface area contributed by atoms with Gasteiger partial charge in [0.15, 0.2) is 5.96 Å². The minimum Gasteiger partial charge on any atom is -0.487 e. The Bertz CT molecular complexity index is 841. The van der Waals surface area contributed by atoms with Crippen LogP contribution in [0.5, 0.6) is 5.75 Å². The van der Waals surface area contributed by atoms with Gasteiger partial charge in [-0.1, -0.05) is 31.0 Å². The summed E-state index contributed by atoms with van der Waals surface area (Å²) >= 11 is 0. The molecule has 1 saturated heterocycles. The molecule has 174 valence electrons. The summed E-state index contributed by atoms with van der Waals surface area (Å²) in [7, 11) is 0. The predicted octanol–water partition coefficient (Wildman–Crippen LogP) is 4.35. The van der Waals surface area contributed by atoms with Gasteiger partial charge in [0.1, 0.15) is 12.4 Å². The molecule has 1 aromatic carbocycles. The van der Waals surface area contributed by atoms with Crippen LogP contribution < -0.4 is 15.4 Å². The maximum Gasteiger partial charge on any atom is 0.191 e. The Morgan fingerprint density at radius 3 is 2.81 bits per heavy atom. The Balaban J connectivity index is 0.00000289. The molecule has 1 atom stereocenters. The molecule has 6 nitrogen and oxygen atoms in total. The lowest BCUT2D eigenvalue weighted by Gasteiger charge is -2.24. The van der Waals surface area contributed by atoms with E-state index in [9.17, 15) is 0 Å². The molecule has 1 aliphatic carbocycles. The quantitative estimate of drug-likeness (QED) is 0.291. The highest BCUT2D eigenvalue weighted by atomic mass is 127. The van der Waals surface area contributed by atoms with Crippen molar-refractivity contribution in [1.82, 2.24) is 20.5 Å². The van der Waals surface area contributed by atoms with Crippen molar-refractivity contribution >= 4 is 29.9 Å². The lowest BCUT2D eigenvalue weighted by molar-refractivity contribution is 0.242. The van der Waals surface area contributed by atoms with Gasteiger partial charge in [0.2, 0.25) is 0 Å². The third kappa shape index (κ3) is 7.33. The Kier molecular flexibility index (Phi) is 10.1. The van der Waals surface area contributed by atoms with Crippen molar-refractivity contribution in [2.24, 2.45) is 4.99 Å². The van der Waals surface area contributed by atoms with E-state index in [-0.39, 0.29) is 24.0 Å². The number of aromatic nitrogens is 1. The highest BCUT2D eigenvalue weighted by Crippen LogP contribution is 2.26. The summed E-state index contributed by atoms with van der Waals surface area (Å²) in [4.78, 5) is 11.8. The number of ether oxygens (including phenoxy) is 1. The standard InChI is InChI=1S/C25H35N5O.HI/c1-2-26-25(29-21-13-15-30(18-21)23-10-3-4-11-23)28-17-20-8-7-12-24(16-20)31-19-22-9-5-6-14-27-22;/h5-9,12,14,16,21,23H,2-4,10-11,13,15,17-19H2,1H3,(H2,26,28,29);1H. The Hall–Kier alpha value is -1.87. The third-order valence-electron chi connectivity index (χ3n) is 6.18. The molecular weight excluding hydrogens is 513 g/mol. The van der Waals surface area contributed by atoms with Crippen LogP contribution >= 0.6 is 24.0 Å². The van der Waals surface area contributed by atoms with Crippen LogP contribution in [-0.2, 0) is 13.2 Å². The number of hydrogen-bond donors (Lipinski definition) is 2. The number of hydrogen-bond acceptors (Lipinski definition) is 4. The zero-order valence-electron chi connectivity index (χ0n) is 19.0. The van der Waals surface area contributed by atoms with Crippen molar-refractivity contribution in [2.75, 3.05) is 19.6 Å². The molecular formula is C25H36IN5O. The van der Waals surface area contributed by atoms with Gasteiger partial charge >= 0.3 is 0 Å². The second kappa shape index (κ2) is 13.0. The minimum absolute atomic E-state index is 0. The highest BCUT2D eigenvalue weighted by molar-refractivity contribution is 14.0. The zero-order valence-corrected chi connectivity index (χ0v) is 21.3. The first-order valence-corrected chi connectivity index (χ1v) is 11.7. The lowest BCUT2D eigenvalue weighted by Crippen LogP contribution is -2.45. The van der Waals surface area contributed by atoms with Crippen molar-refractivity contribution in [3.05, 3.63) is 59.9 Å². The van der Waals surface area contributed by atoms with Gasteiger partial charge in [0.05, 0.1) is 12.2 Å². The number of pyridine rings is 1. The van der Waals surface area contributed by atoms with Crippen molar-refractivity contribution < 1.29 is 4.74 Å². The summed E-state index contributed by atoms with van der Waals surface area (Å²) in [6, 6.07) is 15.3. The number of guanidine groups is 1. The average Bonchev–Trinajstić information content (AvgIpc) is 3.49. The molecule has 2 N–H and O–H groups in total. The molecule has 32 heavy (non-hydrogen) atoms. The van der Waals surface area contributed by atoms with E-state index < -0.39 is 0 Å². The van der Waals surface area contributed by atoms with Gasteiger partial charge in [-0.2, -0.15) is 0 Å². The molecule has 0 amide bonds. The van der Waals surface area contributed by atoms with Crippen LogP contribution in [0.15, 0.2) is 53.7 Å². The fourth-order valence-electron chi connectivity index (χ4n) is 4.56. The van der Waals surface area contributed by atoms with Crippen molar-refractivity contribution in [1.29, 1.82) is 0 Å². The first kappa shape index (κ1) is 24.8. The largest absolute Gasteiger partial charge is 0.487 e. The van der Waals surface area contributed by atoms with E-state index in [1.54, 1.807) is 6.20 Å². The molecule has 1 unspecified atom stereocenters. The Labute approximate surface area is 209 Å². The summed E-state index contributed by atoms with van der Waals surface area (Å²) < 4.78 is 5.91. The molecule has 2 heterocycles. The van der Waals surface area contributed by atoms with Crippen LogP contribution in [0.1, 0.15) is 50.3 Å². The van der Waals surface area contributed by atoms with Gasteiger partial charge in [-0.25, -0.2) is 4.99 Å². The first-order valence-electron chi connectivity index (χ1n) is 11.7. The summed E-state index contributed by atoms with van der Waals surface area (Å²) in [6.07, 6.45) is 8.52. The Morgan fingerprint density at radius 2 is 2.03 bits per heavy atom. The molecule has 0 bridgehead atoms. The fourth-order valence-corrected chi connectivity index (χ4v) is 4.56. The second-order valence-electron chi connectivity index (χ2n) is 8.52. The summed E-state index contributed by atoms with van der Waals surface area (Å²) in [5.41, 5.74) is 2.06. The van der Waals surface area contributed by atoms with E-state index in [1.807, 2.05) is 30.3 Å². The fraction of sp³-hybridized carbons (Fsp3) is 0.520. The van der Waals surface area contributed by atoms with E-state index in [0.29, 0.717) is 19.2 Å². The van der Waals surface area contributed by atoms with Gasteiger partial charge in [-0.3, -0.25) is 9.88 Å². The molecule has 2 aliphatic rings. The van der Waals surface area contributed by atoms with Crippen LogP contribution in [0.4, 0.5) is 0 Å². The predicted molar refractivity (Wildman–Crippen MR) is 141 cm³/mol. The topological polar surface area (TPSA) is 61.8 Å². The molecule has 2 aromatic rings. The molecule has 1 aromatic heterocycles. The van der Waals surface area contributed by atoms with E-state index in [4.69, 9.17) is 9.73 Å². The number of likely N-dealkylation sites (tertiary alicyclic amines) is 1. The van der Waals surface area contributed by atoms with Crippen LogP contribution in [0.3, 0.4) is 0 Å². The van der Waals surface area contributed by atoms with Crippen LogP contribution in [0.2, 0.25) is 0 Å². The maximum atomic E-state index is 5.91. The summed E-state index contributed by atoms with van der Waals surface area (Å²) in [5.74, 6) is 1.75. The van der Waals surface area contributed by atoms with Crippen molar-refractivity contribution in [3.8, 4) is 5.75 Å². The first-order chi connectivity index (χ1) is 15.3. The maximum absolute atomic E-state index is 5.91. The number of rotatable bonds is 8. The minimum atomic E-state index is 0. The van der Waals surface area contributed by atoms with Gasteiger partial charge in [-0.15, -0.1) is 24.0 Å². The highest BCUT2D eigenvalue weighted by Gasteiger charge is 2.30. The molecule has 4 rings (SSSR count). The van der Waals surface area contributed by atoms with Crippen LogP contribution in [-0.4, -0.2) is 47.6 Å². The smallest absolute Gasteiger partial charge is 0.191 e. The van der Waals surface area contributed by atoms with E-state index >= 15 is 0 Å². The van der Waals surface area contributed by atoms with Gasteiger partial charge in [-0.05, 0) is 56.0 Å². The van der Waals surface area contributed by atoms with E-state index in [0.717, 1.165) is 42.1 Å². The SMILES string of the molecule is CCNC(=NCc1cccc(OCc2ccccn2)c1)NC1CCN(C2CCCC2)C1.I. The zero-order chi connectivity index (χ0) is 21.3. The van der Waals surface area contributed by atoms with Gasteiger partial charge < -0.3 is 15.4 Å². The summed E-state index contributed by atoms with van der Waals surface area (Å²) in [5, 5.41) is 7.07. The third-order valence-corrected chi connectivity index (χ3v) is 6.18. The number of aliphatic imine (C=N–C) groups is 1.